The summed E-state index contributed by atoms with van der Waals surface area (Å²) in [5, 5.41) is 2.92. The van der Waals surface area contributed by atoms with Crippen molar-refractivity contribution >= 4 is 11.8 Å². The zero-order valence-corrected chi connectivity index (χ0v) is 11.2. The minimum atomic E-state index is -0.252. The number of carbonyl (C=O) groups is 2. The van der Waals surface area contributed by atoms with Gasteiger partial charge in [-0.2, -0.15) is 0 Å². The molecule has 0 aromatic carbocycles. The van der Waals surface area contributed by atoms with Crippen molar-refractivity contribution < 1.29 is 9.59 Å². The topological polar surface area (TPSA) is 49.4 Å². The molecule has 0 aromatic rings. The molecule has 1 atom stereocenters. The Kier molecular flexibility index (Phi) is 2.65. The van der Waals surface area contributed by atoms with E-state index in [0.29, 0.717) is 24.8 Å². The fourth-order valence-corrected chi connectivity index (χ4v) is 3.13. The lowest BCUT2D eigenvalue weighted by atomic mass is 9.94. The predicted molar refractivity (Wildman–Crippen MR) is 67.8 cm³/mol. The molecule has 0 spiro atoms. The lowest BCUT2D eigenvalue weighted by Crippen LogP contribution is -2.54. The Morgan fingerprint density at radius 3 is 2.39 bits per heavy atom. The molecule has 0 bridgehead atoms. The second-order valence-corrected chi connectivity index (χ2v) is 6.55. The van der Waals surface area contributed by atoms with Crippen LogP contribution in [-0.4, -0.2) is 34.8 Å². The summed E-state index contributed by atoms with van der Waals surface area (Å²) in [4.78, 5) is 26.4. The first-order valence-corrected chi connectivity index (χ1v) is 7.11. The van der Waals surface area contributed by atoms with Crippen LogP contribution in [-0.2, 0) is 9.59 Å². The molecule has 3 aliphatic rings. The number of nitrogens with zero attached hydrogens (tertiary/aromatic N) is 1. The summed E-state index contributed by atoms with van der Waals surface area (Å²) < 4.78 is 0. The molecule has 0 aromatic heterocycles. The molecule has 1 saturated heterocycles. The van der Waals surface area contributed by atoms with E-state index in [9.17, 15) is 9.59 Å². The average Bonchev–Trinajstić information content (AvgIpc) is 3.17. The van der Waals surface area contributed by atoms with Gasteiger partial charge in [0.25, 0.3) is 0 Å². The Balaban J connectivity index is 1.83. The van der Waals surface area contributed by atoms with Crippen LogP contribution in [0.4, 0.5) is 0 Å². The third-order valence-electron chi connectivity index (χ3n) is 4.78. The molecule has 2 amide bonds. The van der Waals surface area contributed by atoms with Crippen LogP contribution >= 0.6 is 0 Å². The number of carbonyl (C=O) groups excluding carboxylic acids is 2. The molecule has 3 rings (SSSR count). The highest BCUT2D eigenvalue weighted by molar-refractivity contribution is 5.91. The Labute approximate surface area is 108 Å². The molecule has 3 fully saturated rings. The molecular formula is C14H22N2O2. The van der Waals surface area contributed by atoms with E-state index in [1.807, 2.05) is 4.90 Å². The highest BCUT2D eigenvalue weighted by atomic mass is 16.2. The zero-order chi connectivity index (χ0) is 12.9. The van der Waals surface area contributed by atoms with Crippen LogP contribution in [0.15, 0.2) is 0 Å². The summed E-state index contributed by atoms with van der Waals surface area (Å²) in [5.41, 5.74) is -0.0868. The number of rotatable bonds is 3. The molecule has 1 N–H and O–H groups in total. The van der Waals surface area contributed by atoms with Crippen molar-refractivity contribution in [3.63, 3.8) is 0 Å². The molecule has 1 unspecified atom stereocenters. The van der Waals surface area contributed by atoms with Crippen molar-refractivity contribution in [2.45, 2.75) is 57.5 Å². The first kappa shape index (κ1) is 12.0. The van der Waals surface area contributed by atoms with Crippen molar-refractivity contribution in [2.75, 3.05) is 6.54 Å². The largest absolute Gasteiger partial charge is 0.344 e. The first-order valence-electron chi connectivity index (χ1n) is 7.11. The van der Waals surface area contributed by atoms with Gasteiger partial charge in [0, 0.05) is 18.5 Å². The van der Waals surface area contributed by atoms with E-state index < -0.39 is 0 Å². The van der Waals surface area contributed by atoms with Gasteiger partial charge in [0.2, 0.25) is 11.8 Å². The minimum Gasteiger partial charge on any atom is -0.344 e. The van der Waals surface area contributed by atoms with Gasteiger partial charge in [-0.3, -0.25) is 9.59 Å². The maximum atomic E-state index is 12.7. The quantitative estimate of drug-likeness (QED) is 0.821. The van der Waals surface area contributed by atoms with Crippen LogP contribution in [0.3, 0.4) is 0 Å². The van der Waals surface area contributed by atoms with Crippen molar-refractivity contribution in [1.82, 2.24) is 10.2 Å². The normalized spacial score (nSPS) is 30.1. The Hall–Kier alpha value is -1.06. The Morgan fingerprint density at radius 2 is 1.83 bits per heavy atom. The summed E-state index contributed by atoms with van der Waals surface area (Å²) in [6.45, 7) is 4.89. The monoisotopic (exact) mass is 250 g/mol. The van der Waals surface area contributed by atoms with Crippen molar-refractivity contribution in [1.29, 1.82) is 0 Å². The van der Waals surface area contributed by atoms with Gasteiger partial charge >= 0.3 is 0 Å². The Morgan fingerprint density at radius 1 is 1.17 bits per heavy atom. The van der Waals surface area contributed by atoms with Gasteiger partial charge in [0.1, 0.15) is 6.04 Å². The van der Waals surface area contributed by atoms with E-state index >= 15 is 0 Å². The van der Waals surface area contributed by atoms with E-state index in [4.69, 9.17) is 0 Å². The van der Waals surface area contributed by atoms with Gasteiger partial charge in [0.05, 0.1) is 0 Å². The summed E-state index contributed by atoms with van der Waals surface area (Å²) in [6.07, 6.45) is 5.03. The van der Waals surface area contributed by atoms with E-state index in [2.05, 4.69) is 19.2 Å². The van der Waals surface area contributed by atoms with Gasteiger partial charge in [-0.25, -0.2) is 0 Å². The first-order chi connectivity index (χ1) is 8.50. The number of hydrogen-bond donors (Lipinski definition) is 1. The highest BCUT2D eigenvalue weighted by Crippen LogP contribution is 2.44. The fourth-order valence-electron chi connectivity index (χ4n) is 3.13. The molecule has 4 heteroatoms. The second-order valence-electron chi connectivity index (χ2n) is 6.55. The van der Waals surface area contributed by atoms with Crippen molar-refractivity contribution in [3.05, 3.63) is 0 Å². The van der Waals surface area contributed by atoms with E-state index in [0.717, 1.165) is 12.8 Å². The Bertz CT molecular complexity index is 383. The van der Waals surface area contributed by atoms with Crippen molar-refractivity contribution in [3.8, 4) is 0 Å². The average molecular weight is 250 g/mol. The standard InChI is InChI=1S/C14H22N2O2/c1-14(2,10-5-6-10)16-8-7-11(17)15-12(13(16)18)9-3-4-9/h9-10,12H,3-8H2,1-2H3,(H,15,17). The molecule has 100 valence electrons. The summed E-state index contributed by atoms with van der Waals surface area (Å²) in [6, 6.07) is -0.252. The van der Waals surface area contributed by atoms with Crippen LogP contribution in [0.5, 0.6) is 0 Å². The minimum absolute atomic E-state index is 0.0364. The van der Waals surface area contributed by atoms with Crippen LogP contribution in [0.2, 0.25) is 0 Å². The highest BCUT2D eigenvalue weighted by Gasteiger charge is 2.49. The van der Waals surface area contributed by atoms with Gasteiger partial charge in [0.15, 0.2) is 0 Å². The lowest BCUT2D eigenvalue weighted by molar-refractivity contribution is -0.139. The predicted octanol–water partition coefficient (Wildman–Crippen LogP) is 1.30. The van der Waals surface area contributed by atoms with Gasteiger partial charge in [-0.1, -0.05) is 0 Å². The molecule has 1 heterocycles. The molecule has 18 heavy (non-hydrogen) atoms. The molecular weight excluding hydrogens is 228 g/mol. The summed E-state index contributed by atoms with van der Waals surface area (Å²) >= 11 is 0. The molecule has 2 aliphatic carbocycles. The second kappa shape index (κ2) is 3.97. The maximum Gasteiger partial charge on any atom is 0.245 e. The van der Waals surface area contributed by atoms with Crippen LogP contribution < -0.4 is 5.32 Å². The SMILES string of the molecule is CC(C)(C1CC1)N1CCC(=O)NC(C2CC2)C1=O. The third kappa shape index (κ3) is 2.02. The molecule has 0 radical (unpaired) electrons. The fraction of sp³-hybridized carbons (Fsp3) is 0.857. The van der Waals surface area contributed by atoms with Crippen LogP contribution in [0.25, 0.3) is 0 Å². The number of nitrogens with one attached hydrogen (secondary N) is 1. The van der Waals surface area contributed by atoms with Gasteiger partial charge in [-0.15, -0.1) is 0 Å². The molecule has 1 aliphatic heterocycles. The van der Waals surface area contributed by atoms with Crippen LogP contribution in [0, 0.1) is 11.8 Å². The summed E-state index contributed by atoms with van der Waals surface area (Å²) in [5.74, 6) is 1.20. The number of hydrogen-bond acceptors (Lipinski definition) is 2. The summed E-state index contributed by atoms with van der Waals surface area (Å²) in [7, 11) is 0. The smallest absolute Gasteiger partial charge is 0.245 e. The van der Waals surface area contributed by atoms with Crippen LogP contribution in [0.1, 0.15) is 46.0 Å². The zero-order valence-electron chi connectivity index (χ0n) is 11.2. The van der Waals surface area contributed by atoms with Gasteiger partial charge < -0.3 is 10.2 Å². The van der Waals surface area contributed by atoms with E-state index in [-0.39, 0.29) is 23.4 Å². The van der Waals surface area contributed by atoms with Crippen molar-refractivity contribution in [2.24, 2.45) is 11.8 Å². The van der Waals surface area contributed by atoms with E-state index in [1.165, 1.54) is 12.8 Å². The van der Waals surface area contributed by atoms with E-state index in [1.54, 1.807) is 0 Å². The molecule has 2 saturated carbocycles. The third-order valence-corrected chi connectivity index (χ3v) is 4.78. The number of amides is 2. The molecule has 4 nitrogen and oxygen atoms in total. The maximum absolute atomic E-state index is 12.7. The lowest BCUT2D eigenvalue weighted by Gasteiger charge is -2.39. The van der Waals surface area contributed by atoms with Gasteiger partial charge in [-0.05, 0) is 51.4 Å².